The highest BCUT2D eigenvalue weighted by atomic mass is 28.3. The molecule has 4 aromatic rings. The predicted molar refractivity (Wildman–Crippen MR) is 210 cm³/mol. The van der Waals surface area contributed by atoms with Crippen LogP contribution in [0.15, 0.2) is 96.1 Å². The summed E-state index contributed by atoms with van der Waals surface area (Å²) in [5.74, 6) is 0. The molecule has 6 rings (SSSR count). The maximum atomic E-state index is 2.73. The van der Waals surface area contributed by atoms with Gasteiger partial charge in [-0.2, -0.15) is 0 Å². The molecule has 0 nitrogen and oxygen atoms in total. The van der Waals surface area contributed by atoms with Gasteiger partial charge in [-0.25, -0.2) is 0 Å². The van der Waals surface area contributed by atoms with Crippen molar-refractivity contribution in [2.75, 3.05) is 0 Å². The molecule has 47 heavy (non-hydrogen) atoms. The fourth-order valence-corrected chi connectivity index (χ4v) is 13.2. The Hall–Kier alpha value is -3.42. The third-order valence-electron chi connectivity index (χ3n) is 10.9. The van der Waals surface area contributed by atoms with Gasteiger partial charge in [-0.1, -0.05) is 163 Å². The molecule has 2 aliphatic rings. The number of rotatable bonds is 14. The molecule has 0 radical (unpaired) electrons. The van der Waals surface area contributed by atoms with Gasteiger partial charge in [-0.05, 0) is 117 Å². The van der Waals surface area contributed by atoms with Crippen molar-refractivity contribution >= 4 is 18.5 Å². The summed E-state index contributed by atoms with van der Waals surface area (Å²) in [6.45, 7) is 14.8. The van der Waals surface area contributed by atoms with E-state index in [9.17, 15) is 0 Å². The molecule has 0 atom stereocenters. The standard InChI is InChI=1S/C46H56Si/c1-7-11-21-37-31-35-25-17-29-41(39-27-15-13-23-33(39)19-9-3)43(35)45(37)47(5,6)46-38(22-12-8-2)32-36-26-18-30-42(44(36)46)40-28-16-14-24-34(40)20-10-4/h13-18,23-30H,7-12,19-22,31-32H2,1-6H3. The minimum absolute atomic E-state index is 1.12. The van der Waals surface area contributed by atoms with E-state index in [1.165, 1.54) is 84.7 Å². The van der Waals surface area contributed by atoms with Crippen LogP contribution in [0.4, 0.5) is 0 Å². The Morgan fingerprint density at radius 1 is 0.447 bits per heavy atom. The third-order valence-corrected chi connectivity index (χ3v) is 14.6. The highest BCUT2D eigenvalue weighted by Gasteiger charge is 2.43. The molecular formula is C46H56Si. The van der Waals surface area contributed by atoms with Crippen molar-refractivity contribution < 1.29 is 0 Å². The largest absolute Gasteiger partial charge is 0.113 e. The van der Waals surface area contributed by atoms with Crippen LogP contribution in [0.3, 0.4) is 0 Å². The molecule has 244 valence electrons. The van der Waals surface area contributed by atoms with E-state index in [4.69, 9.17) is 0 Å². The Morgan fingerprint density at radius 2 is 0.851 bits per heavy atom. The van der Waals surface area contributed by atoms with Gasteiger partial charge in [-0.3, -0.25) is 0 Å². The van der Waals surface area contributed by atoms with Crippen molar-refractivity contribution in [3.05, 3.63) is 129 Å². The molecule has 0 bridgehead atoms. The van der Waals surface area contributed by atoms with Gasteiger partial charge in [0.15, 0.2) is 0 Å². The Labute approximate surface area is 287 Å². The van der Waals surface area contributed by atoms with Crippen LogP contribution in [0.1, 0.15) is 112 Å². The first-order chi connectivity index (χ1) is 22.9. The van der Waals surface area contributed by atoms with Crippen molar-refractivity contribution in [3.8, 4) is 22.3 Å². The molecule has 0 aliphatic heterocycles. The number of allylic oxidation sites excluding steroid dienone is 2. The minimum atomic E-state index is -2.21. The maximum absolute atomic E-state index is 2.73. The average Bonchev–Trinajstić information content (AvgIpc) is 3.66. The van der Waals surface area contributed by atoms with Crippen molar-refractivity contribution in [2.24, 2.45) is 0 Å². The van der Waals surface area contributed by atoms with Crippen LogP contribution >= 0.6 is 0 Å². The topological polar surface area (TPSA) is 0 Å². The molecule has 0 spiro atoms. The molecule has 0 N–H and O–H groups in total. The molecule has 2 aliphatic carbocycles. The van der Waals surface area contributed by atoms with E-state index in [2.05, 4.69) is 126 Å². The smallest absolute Gasteiger partial charge is 0.0655 e. The number of benzene rings is 4. The lowest BCUT2D eigenvalue weighted by atomic mass is 9.92. The van der Waals surface area contributed by atoms with E-state index in [-0.39, 0.29) is 0 Å². The fraction of sp³-hybridized carbons (Fsp3) is 0.391. The summed E-state index contributed by atoms with van der Waals surface area (Å²) in [6, 6.07) is 33.0. The summed E-state index contributed by atoms with van der Waals surface area (Å²) >= 11 is 0. The van der Waals surface area contributed by atoms with Crippen LogP contribution in [0.2, 0.25) is 13.1 Å². The van der Waals surface area contributed by atoms with Crippen LogP contribution in [0.25, 0.3) is 32.6 Å². The summed E-state index contributed by atoms with van der Waals surface area (Å²) in [5.41, 5.74) is 18.6. The lowest BCUT2D eigenvalue weighted by molar-refractivity contribution is 0.778. The molecular weight excluding hydrogens is 581 g/mol. The number of unbranched alkanes of at least 4 members (excludes halogenated alkanes) is 2. The van der Waals surface area contributed by atoms with E-state index in [1.807, 2.05) is 0 Å². The average molecular weight is 637 g/mol. The van der Waals surface area contributed by atoms with Crippen molar-refractivity contribution in [3.63, 3.8) is 0 Å². The van der Waals surface area contributed by atoms with Gasteiger partial charge in [0.25, 0.3) is 0 Å². The molecule has 0 saturated heterocycles. The van der Waals surface area contributed by atoms with Crippen LogP contribution in [-0.4, -0.2) is 8.07 Å². The lowest BCUT2D eigenvalue weighted by Crippen LogP contribution is -2.32. The van der Waals surface area contributed by atoms with Gasteiger partial charge in [-0.15, -0.1) is 0 Å². The fourth-order valence-electron chi connectivity index (χ4n) is 8.91. The Bertz CT molecular complexity index is 1660. The molecule has 0 saturated carbocycles. The van der Waals surface area contributed by atoms with E-state index >= 15 is 0 Å². The van der Waals surface area contributed by atoms with Gasteiger partial charge in [0, 0.05) is 0 Å². The summed E-state index contributed by atoms with van der Waals surface area (Å²) in [4.78, 5) is 0. The Balaban J connectivity index is 1.61. The molecule has 0 heterocycles. The highest BCUT2D eigenvalue weighted by Crippen LogP contribution is 2.54. The van der Waals surface area contributed by atoms with E-state index < -0.39 is 8.07 Å². The van der Waals surface area contributed by atoms with E-state index in [1.54, 1.807) is 43.8 Å². The zero-order chi connectivity index (χ0) is 33.0. The maximum Gasteiger partial charge on any atom is 0.113 e. The van der Waals surface area contributed by atoms with Crippen LogP contribution in [0.5, 0.6) is 0 Å². The van der Waals surface area contributed by atoms with Gasteiger partial charge in [0.2, 0.25) is 0 Å². The predicted octanol–water partition coefficient (Wildman–Crippen LogP) is 13.4. The van der Waals surface area contributed by atoms with Crippen LogP contribution in [0, 0.1) is 0 Å². The Kier molecular flexibility index (Phi) is 10.5. The molecule has 0 amide bonds. The summed E-state index contributed by atoms with van der Waals surface area (Å²) in [7, 11) is -2.21. The first kappa shape index (κ1) is 33.5. The van der Waals surface area contributed by atoms with Crippen LogP contribution in [-0.2, 0) is 25.7 Å². The SMILES string of the molecule is CCCCC1=C([Si](C)(C)C2=C(CCCC)Cc3cccc(-c4ccccc4CCC)c32)c2c(cccc2-c2ccccc2CCC)C1. The quantitative estimate of drug-likeness (QED) is 0.121. The van der Waals surface area contributed by atoms with Crippen LogP contribution < -0.4 is 0 Å². The van der Waals surface area contributed by atoms with Gasteiger partial charge in [0.05, 0.1) is 0 Å². The van der Waals surface area contributed by atoms with Gasteiger partial charge < -0.3 is 0 Å². The van der Waals surface area contributed by atoms with E-state index in [0.29, 0.717) is 0 Å². The molecule has 0 unspecified atom stereocenters. The van der Waals surface area contributed by atoms with E-state index in [0.717, 1.165) is 25.7 Å². The van der Waals surface area contributed by atoms with Crippen molar-refractivity contribution in [2.45, 2.75) is 118 Å². The second-order valence-electron chi connectivity index (χ2n) is 14.6. The number of hydrogen-bond acceptors (Lipinski definition) is 0. The van der Waals surface area contributed by atoms with Crippen molar-refractivity contribution in [1.82, 2.24) is 0 Å². The molecule has 0 fully saturated rings. The zero-order valence-electron chi connectivity index (χ0n) is 30.1. The number of aryl methyl sites for hydroxylation is 2. The normalized spacial score (nSPS) is 14.3. The summed E-state index contributed by atoms with van der Waals surface area (Å²) < 4.78 is 0. The monoisotopic (exact) mass is 636 g/mol. The van der Waals surface area contributed by atoms with Crippen molar-refractivity contribution in [1.29, 1.82) is 0 Å². The third kappa shape index (κ3) is 6.41. The number of hydrogen-bond donors (Lipinski definition) is 0. The second kappa shape index (κ2) is 14.8. The van der Waals surface area contributed by atoms with Gasteiger partial charge in [0.1, 0.15) is 8.07 Å². The summed E-state index contributed by atoms with van der Waals surface area (Å²) in [6.07, 6.45) is 14.3. The van der Waals surface area contributed by atoms with Gasteiger partial charge >= 0.3 is 0 Å². The number of fused-ring (bicyclic) bond motifs is 2. The highest BCUT2D eigenvalue weighted by molar-refractivity contribution is 7.09. The summed E-state index contributed by atoms with van der Waals surface area (Å²) in [5, 5.41) is 3.52. The first-order valence-electron chi connectivity index (χ1n) is 18.8. The second-order valence-corrected chi connectivity index (χ2v) is 18.9. The minimum Gasteiger partial charge on any atom is -0.0655 e. The molecule has 4 aromatic carbocycles. The molecule has 0 aromatic heterocycles. The molecule has 1 heteroatoms. The lowest BCUT2D eigenvalue weighted by Gasteiger charge is -2.33. The first-order valence-corrected chi connectivity index (χ1v) is 21.8. The Morgan fingerprint density at radius 3 is 1.26 bits per heavy atom. The zero-order valence-corrected chi connectivity index (χ0v) is 31.1.